The fourth-order valence-corrected chi connectivity index (χ4v) is 2.14. The van der Waals surface area contributed by atoms with E-state index >= 15 is 0 Å². The lowest BCUT2D eigenvalue weighted by Gasteiger charge is -2.23. The summed E-state index contributed by atoms with van der Waals surface area (Å²) in [4.78, 5) is 12.7. The highest BCUT2D eigenvalue weighted by molar-refractivity contribution is 7.80. The molecule has 1 aliphatic rings. The molecule has 0 radical (unpaired) electrons. The van der Waals surface area contributed by atoms with Crippen LogP contribution in [0.2, 0.25) is 0 Å². The zero-order valence-corrected chi connectivity index (χ0v) is 10.9. The maximum atomic E-state index is 14.0. The molecule has 0 aromatic heterocycles. The van der Waals surface area contributed by atoms with Crippen molar-refractivity contribution in [2.45, 2.75) is 6.42 Å². The van der Waals surface area contributed by atoms with Crippen LogP contribution in [0.1, 0.15) is 12.0 Å². The third-order valence-corrected chi connectivity index (χ3v) is 3.20. The molecule has 0 bridgehead atoms. The number of carbonyl (C=O) groups is 1. The molecule has 0 saturated carbocycles. The predicted octanol–water partition coefficient (Wildman–Crippen LogP) is 0.925. The number of nitrogens with one attached hydrogen (secondary N) is 1. The fourth-order valence-electron chi connectivity index (χ4n) is 1.98. The van der Waals surface area contributed by atoms with Crippen LogP contribution in [0.5, 0.6) is 0 Å². The molecule has 1 saturated heterocycles. The number of anilines is 1. The summed E-state index contributed by atoms with van der Waals surface area (Å²) in [5, 5.41) is 2.67. The molecule has 102 valence electrons. The number of hydrogen-bond donors (Lipinski definition) is 2. The average molecular weight is 285 g/mol. The van der Waals surface area contributed by atoms with Crippen LogP contribution in [0.3, 0.4) is 0 Å². The van der Waals surface area contributed by atoms with Crippen molar-refractivity contribution in [1.29, 1.82) is 0 Å². The second-order valence-corrected chi connectivity index (χ2v) is 4.65. The summed E-state index contributed by atoms with van der Waals surface area (Å²) < 4.78 is 27.8. The van der Waals surface area contributed by atoms with Gasteiger partial charge in [-0.3, -0.25) is 4.79 Å². The van der Waals surface area contributed by atoms with Crippen LogP contribution in [-0.2, 0) is 4.79 Å². The lowest BCUT2D eigenvalue weighted by atomic mass is 10.1. The summed E-state index contributed by atoms with van der Waals surface area (Å²) in [7, 11) is 0. The number of thiocarbonyl (C=S) groups is 1. The van der Waals surface area contributed by atoms with Crippen LogP contribution >= 0.6 is 12.2 Å². The van der Waals surface area contributed by atoms with Crippen molar-refractivity contribution in [3.63, 3.8) is 0 Å². The van der Waals surface area contributed by atoms with E-state index in [0.29, 0.717) is 19.6 Å². The first kappa shape index (κ1) is 13.7. The molecule has 1 heterocycles. The molecular formula is C12H13F2N3OS. The van der Waals surface area contributed by atoms with Gasteiger partial charge >= 0.3 is 0 Å². The lowest BCUT2D eigenvalue weighted by molar-refractivity contribution is -0.120. The Kier molecular flexibility index (Phi) is 3.94. The van der Waals surface area contributed by atoms with Gasteiger partial charge in [0.05, 0.1) is 5.69 Å². The first-order chi connectivity index (χ1) is 9.00. The van der Waals surface area contributed by atoms with E-state index in [4.69, 9.17) is 5.73 Å². The van der Waals surface area contributed by atoms with Crippen molar-refractivity contribution in [3.05, 3.63) is 29.3 Å². The number of amides is 1. The van der Waals surface area contributed by atoms with E-state index in [1.807, 2.05) is 0 Å². The van der Waals surface area contributed by atoms with Gasteiger partial charge in [0.1, 0.15) is 4.99 Å². The first-order valence-corrected chi connectivity index (χ1v) is 6.21. The molecule has 7 heteroatoms. The van der Waals surface area contributed by atoms with E-state index < -0.39 is 11.6 Å². The van der Waals surface area contributed by atoms with Crippen LogP contribution in [0.25, 0.3) is 0 Å². The Morgan fingerprint density at radius 2 is 2.05 bits per heavy atom. The molecule has 0 aliphatic carbocycles. The molecule has 1 aromatic rings. The molecule has 1 aromatic carbocycles. The molecule has 2 rings (SSSR count). The first-order valence-electron chi connectivity index (χ1n) is 5.80. The van der Waals surface area contributed by atoms with Crippen molar-refractivity contribution >= 4 is 28.8 Å². The summed E-state index contributed by atoms with van der Waals surface area (Å²) in [5.41, 5.74) is 5.32. The molecular weight excluding hydrogens is 272 g/mol. The third kappa shape index (κ3) is 2.81. The van der Waals surface area contributed by atoms with Gasteiger partial charge < -0.3 is 16.0 Å². The van der Waals surface area contributed by atoms with Crippen LogP contribution < -0.4 is 16.0 Å². The van der Waals surface area contributed by atoms with Crippen LogP contribution in [0.15, 0.2) is 12.1 Å². The molecule has 0 spiro atoms. The van der Waals surface area contributed by atoms with E-state index in [-0.39, 0.29) is 28.6 Å². The smallest absolute Gasteiger partial charge is 0.221 e. The predicted molar refractivity (Wildman–Crippen MR) is 72.1 cm³/mol. The van der Waals surface area contributed by atoms with Gasteiger partial charge in [-0.25, -0.2) is 8.78 Å². The largest absolute Gasteiger partial charge is 0.389 e. The van der Waals surface area contributed by atoms with Gasteiger partial charge in [-0.1, -0.05) is 12.2 Å². The highest BCUT2D eigenvalue weighted by Gasteiger charge is 2.21. The van der Waals surface area contributed by atoms with Crippen LogP contribution in [-0.4, -0.2) is 30.5 Å². The van der Waals surface area contributed by atoms with E-state index in [1.165, 1.54) is 12.1 Å². The normalized spacial score (nSPS) is 15.9. The molecule has 1 amide bonds. The summed E-state index contributed by atoms with van der Waals surface area (Å²) >= 11 is 4.65. The molecule has 0 atom stereocenters. The Labute approximate surface area is 114 Å². The lowest BCUT2D eigenvalue weighted by Crippen LogP contribution is -2.29. The van der Waals surface area contributed by atoms with E-state index in [1.54, 1.807) is 4.90 Å². The van der Waals surface area contributed by atoms with Gasteiger partial charge in [0.25, 0.3) is 0 Å². The van der Waals surface area contributed by atoms with Gasteiger partial charge in [0.2, 0.25) is 5.91 Å². The van der Waals surface area contributed by atoms with Crippen molar-refractivity contribution in [2.24, 2.45) is 5.73 Å². The van der Waals surface area contributed by atoms with E-state index in [0.717, 1.165) is 0 Å². The summed E-state index contributed by atoms with van der Waals surface area (Å²) in [6.45, 7) is 1.17. The SMILES string of the molecule is NC(=S)c1ccc(N2CCNC(=O)CC2)c(F)c1F. The summed E-state index contributed by atoms with van der Waals surface area (Å²) in [6.07, 6.45) is 0.248. The monoisotopic (exact) mass is 285 g/mol. The number of halogens is 2. The minimum absolute atomic E-state index is 0.0943. The highest BCUT2D eigenvalue weighted by atomic mass is 32.1. The molecule has 3 N–H and O–H groups in total. The second kappa shape index (κ2) is 5.48. The van der Waals surface area contributed by atoms with Gasteiger partial charge in [-0.2, -0.15) is 0 Å². The molecule has 19 heavy (non-hydrogen) atoms. The van der Waals surface area contributed by atoms with Crippen molar-refractivity contribution in [2.75, 3.05) is 24.5 Å². The topological polar surface area (TPSA) is 58.4 Å². The second-order valence-electron chi connectivity index (χ2n) is 4.21. The van der Waals surface area contributed by atoms with Crippen molar-refractivity contribution in [1.82, 2.24) is 5.32 Å². The van der Waals surface area contributed by atoms with Crippen molar-refractivity contribution in [3.8, 4) is 0 Å². The number of nitrogens with two attached hydrogens (primary N) is 1. The molecule has 1 fully saturated rings. The average Bonchev–Trinajstić information content (AvgIpc) is 2.57. The zero-order chi connectivity index (χ0) is 14.0. The molecule has 1 aliphatic heterocycles. The summed E-state index contributed by atoms with van der Waals surface area (Å²) in [5.74, 6) is -2.13. The molecule has 4 nitrogen and oxygen atoms in total. The van der Waals surface area contributed by atoms with Crippen LogP contribution in [0, 0.1) is 11.6 Å². The standard InChI is InChI=1S/C12H13F2N3OS/c13-10-7(12(15)19)1-2-8(11(10)14)17-5-3-9(18)16-4-6-17/h1-2H,3-6H2,(H2,15,19)(H,16,18). The number of benzene rings is 1. The molecule has 0 unspecified atom stereocenters. The van der Waals surface area contributed by atoms with Gasteiger partial charge in [0, 0.05) is 31.6 Å². The maximum absolute atomic E-state index is 14.0. The number of nitrogens with zero attached hydrogens (tertiary/aromatic N) is 1. The Hall–Kier alpha value is -1.76. The van der Waals surface area contributed by atoms with Crippen LogP contribution in [0.4, 0.5) is 14.5 Å². The van der Waals surface area contributed by atoms with Gasteiger partial charge in [0.15, 0.2) is 11.6 Å². The third-order valence-electron chi connectivity index (χ3n) is 2.98. The minimum Gasteiger partial charge on any atom is -0.389 e. The van der Waals surface area contributed by atoms with Crippen molar-refractivity contribution < 1.29 is 13.6 Å². The highest BCUT2D eigenvalue weighted by Crippen LogP contribution is 2.24. The number of carbonyl (C=O) groups excluding carboxylic acids is 1. The maximum Gasteiger partial charge on any atom is 0.221 e. The number of rotatable bonds is 2. The van der Waals surface area contributed by atoms with Gasteiger partial charge in [-0.05, 0) is 12.1 Å². The Bertz CT molecular complexity index is 536. The summed E-state index contributed by atoms with van der Waals surface area (Å²) in [6, 6.07) is 2.79. The fraction of sp³-hybridized carbons (Fsp3) is 0.333. The van der Waals surface area contributed by atoms with Gasteiger partial charge in [-0.15, -0.1) is 0 Å². The Balaban J connectivity index is 2.32. The zero-order valence-electron chi connectivity index (χ0n) is 10.1. The Morgan fingerprint density at radius 1 is 1.32 bits per heavy atom. The van der Waals surface area contributed by atoms with E-state index in [2.05, 4.69) is 17.5 Å². The Morgan fingerprint density at radius 3 is 2.74 bits per heavy atom. The van der Waals surface area contributed by atoms with E-state index in [9.17, 15) is 13.6 Å². The minimum atomic E-state index is -1.05. The quantitative estimate of drug-likeness (QED) is 0.794. The number of hydrogen-bond acceptors (Lipinski definition) is 3.